The van der Waals surface area contributed by atoms with Crippen LogP contribution in [0, 0.1) is 0 Å². The third kappa shape index (κ3) is 2.06. The number of amidine groups is 1. The lowest BCUT2D eigenvalue weighted by Crippen LogP contribution is -2.04. The standard InChI is InChI=1S/C11H15N5O/c1-4-7-10-8(15-16-11(10)17-3)5-9(14-7)13-6(2)12/h5H,4H2,1-3H3,(H,15,16)(H2,12,13,14). The molecule has 0 saturated heterocycles. The van der Waals surface area contributed by atoms with E-state index < -0.39 is 0 Å². The van der Waals surface area contributed by atoms with Crippen LogP contribution in [0.1, 0.15) is 19.5 Å². The number of nitrogens with zero attached hydrogens (tertiary/aromatic N) is 3. The minimum atomic E-state index is 0.477. The number of aliphatic imine (C=N–C) groups is 1. The minimum absolute atomic E-state index is 0.477. The van der Waals surface area contributed by atoms with Gasteiger partial charge in [-0.1, -0.05) is 6.92 Å². The molecule has 0 aliphatic carbocycles. The van der Waals surface area contributed by atoms with Crippen molar-refractivity contribution in [3.05, 3.63) is 11.8 Å². The molecule has 0 bridgehead atoms. The summed E-state index contributed by atoms with van der Waals surface area (Å²) in [6, 6.07) is 1.81. The zero-order chi connectivity index (χ0) is 12.4. The van der Waals surface area contributed by atoms with Crippen LogP contribution in [-0.4, -0.2) is 28.1 Å². The summed E-state index contributed by atoms with van der Waals surface area (Å²) in [6.45, 7) is 3.75. The van der Waals surface area contributed by atoms with Gasteiger partial charge in [0.25, 0.3) is 0 Å². The van der Waals surface area contributed by atoms with Crippen molar-refractivity contribution in [3.63, 3.8) is 0 Å². The number of hydrogen-bond donors (Lipinski definition) is 2. The van der Waals surface area contributed by atoms with Gasteiger partial charge in [0.2, 0.25) is 5.88 Å². The number of nitrogens with two attached hydrogens (primary N) is 1. The van der Waals surface area contributed by atoms with E-state index in [9.17, 15) is 0 Å². The van der Waals surface area contributed by atoms with Gasteiger partial charge >= 0.3 is 0 Å². The second-order valence-corrected chi connectivity index (χ2v) is 3.69. The Morgan fingerprint density at radius 2 is 2.35 bits per heavy atom. The van der Waals surface area contributed by atoms with Crippen LogP contribution in [0.25, 0.3) is 10.9 Å². The number of hydrogen-bond acceptors (Lipinski definition) is 4. The van der Waals surface area contributed by atoms with Crippen molar-refractivity contribution < 1.29 is 4.74 Å². The molecule has 0 atom stereocenters. The summed E-state index contributed by atoms with van der Waals surface area (Å²) in [7, 11) is 1.59. The van der Waals surface area contributed by atoms with E-state index in [1.54, 1.807) is 20.1 Å². The Balaban J connectivity index is 2.68. The number of rotatable bonds is 3. The maximum atomic E-state index is 5.55. The van der Waals surface area contributed by atoms with Crippen molar-refractivity contribution in [1.29, 1.82) is 0 Å². The maximum absolute atomic E-state index is 5.55. The van der Waals surface area contributed by atoms with Gasteiger partial charge in [0.05, 0.1) is 29.5 Å². The third-order valence-corrected chi connectivity index (χ3v) is 2.39. The predicted octanol–water partition coefficient (Wildman–Crippen LogP) is 1.54. The highest BCUT2D eigenvalue weighted by Crippen LogP contribution is 2.28. The lowest BCUT2D eigenvalue weighted by Gasteiger charge is -2.02. The molecule has 0 aromatic carbocycles. The Kier molecular flexibility index (Phi) is 2.95. The van der Waals surface area contributed by atoms with Gasteiger partial charge in [0, 0.05) is 6.07 Å². The summed E-state index contributed by atoms with van der Waals surface area (Å²) in [4.78, 5) is 8.58. The molecule has 0 amide bonds. The molecule has 6 heteroatoms. The molecule has 2 heterocycles. The minimum Gasteiger partial charge on any atom is -0.479 e. The molecular weight excluding hydrogens is 218 g/mol. The summed E-state index contributed by atoms with van der Waals surface area (Å²) in [6.07, 6.45) is 0.777. The molecule has 17 heavy (non-hydrogen) atoms. The Hall–Kier alpha value is -2.11. The van der Waals surface area contributed by atoms with Gasteiger partial charge in [0.1, 0.15) is 0 Å². The number of ether oxygens (including phenoxy) is 1. The molecule has 2 rings (SSSR count). The molecule has 0 aliphatic heterocycles. The number of methoxy groups -OCH3 is 1. The maximum Gasteiger partial charge on any atom is 0.242 e. The molecule has 6 nitrogen and oxygen atoms in total. The summed E-state index contributed by atoms with van der Waals surface area (Å²) >= 11 is 0. The first kappa shape index (κ1) is 11.4. The van der Waals surface area contributed by atoms with Crippen LogP contribution in [0.3, 0.4) is 0 Å². The number of pyridine rings is 1. The third-order valence-electron chi connectivity index (χ3n) is 2.39. The average Bonchev–Trinajstić information content (AvgIpc) is 2.70. The predicted molar refractivity (Wildman–Crippen MR) is 66.8 cm³/mol. The number of aryl methyl sites for hydroxylation is 1. The van der Waals surface area contributed by atoms with Crippen LogP contribution in [0.2, 0.25) is 0 Å². The average molecular weight is 233 g/mol. The van der Waals surface area contributed by atoms with E-state index in [0.717, 1.165) is 23.0 Å². The monoisotopic (exact) mass is 233 g/mol. The van der Waals surface area contributed by atoms with Crippen LogP contribution < -0.4 is 10.5 Å². The molecule has 0 fully saturated rings. The van der Waals surface area contributed by atoms with Crippen LogP contribution in [0.4, 0.5) is 5.82 Å². The van der Waals surface area contributed by atoms with Crippen LogP contribution in [-0.2, 0) is 6.42 Å². The quantitative estimate of drug-likeness (QED) is 0.621. The van der Waals surface area contributed by atoms with E-state index in [4.69, 9.17) is 10.5 Å². The van der Waals surface area contributed by atoms with E-state index in [-0.39, 0.29) is 0 Å². The topological polar surface area (TPSA) is 89.2 Å². The van der Waals surface area contributed by atoms with E-state index in [1.165, 1.54) is 0 Å². The molecule has 0 radical (unpaired) electrons. The molecule has 3 N–H and O–H groups in total. The Morgan fingerprint density at radius 3 is 2.94 bits per heavy atom. The second kappa shape index (κ2) is 4.40. The van der Waals surface area contributed by atoms with E-state index in [2.05, 4.69) is 20.2 Å². The fraction of sp³-hybridized carbons (Fsp3) is 0.364. The lowest BCUT2D eigenvalue weighted by molar-refractivity contribution is 0.401. The summed E-state index contributed by atoms with van der Waals surface area (Å²) < 4.78 is 5.19. The molecule has 0 saturated carbocycles. The number of fused-ring (bicyclic) bond motifs is 1. The zero-order valence-electron chi connectivity index (χ0n) is 10.1. The highest BCUT2D eigenvalue weighted by atomic mass is 16.5. The normalized spacial score (nSPS) is 12.1. The molecule has 0 unspecified atom stereocenters. The number of H-pyrrole nitrogens is 1. The molecule has 2 aromatic heterocycles. The first-order valence-electron chi connectivity index (χ1n) is 5.38. The smallest absolute Gasteiger partial charge is 0.242 e. The highest BCUT2D eigenvalue weighted by molar-refractivity contribution is 5.89. The summed E-state index contributed by atoms with van der Waals surface area (Å²) in [5.41, 5.74) is 7.30. The van der Waals surface area contributed by atoms with Gasteiger partial charge in [-0.2, -0.15) is 0 Å². The second-order valence-electron chi connectivity index (χ2n) is 3.69. The van der Waals surface area contributed by atoms with Crippen molar-refractivity contribution >= 4 is 22.6 Å². The number of nitrogens with one attached hydrogen (secondary N) is 1. The molecule has 2 aromatic rings. The molecule has 0 spiro atoms. The van der Waals surface area contributed by atoms with Gasteiger partial charge in [-0.25, -0.2) is 9.98 Å². The van der Waals surface area contributed by atoms with Crippen LogP contribution in [0.5, 0.6) is 5.88 Å². The fourth-order valence-corrected chi connectivity index (χ4v) is 1.72. The van der Waals surface area contributed by atoms with Gasteiger partial charge < -0.3 is 10.5 Å². The first-order chi connectivity index (χ1) is 8.15. The Morgan fingerprint density at radius 1 is 1.59 bits per heavy atom. The van der Waals surface area contributed by atoms with E-state index in [1.807, 2.05) is 6.92 Å². The number of aromatic nitrogens is 3. The molecule has 0 aliphatic rings. The SMILES string of the molecule is CCc1nc(N=C(C)N)cc2[nH]nc(OC)c12. The fourth-order valence-electron chi connectivity index (χ4n) is 1.72. The molecular formula is C11H15N5O. The summed E-state index contributed by atoms with van der Waals surface area (Å²) in [5, 5.41) is 7.88. The Bertz CT molecular complexity index is 568. The first-order valence-corrected chi connectivity index (χ1v) is 5.38. The highest BCUT2D eigenvalue weighted by Gasteiger charge is 2.12. The number of aromatic amines is 1. The van der Waals surface area contributed by atoms with E-state index in [0.29, 0.717) is 17.5 Å². The van der Waals surface area contributed by atoms with Crippen molar-refractivity contribution in [2.24, 2.45) is 10.7 Å². The van der Waals surface area contributed by atoms with Crippen molar-refractivity contribution in [2.75, 3.05) is 7.11 Å². The van der Waals surface area contributed by atoms with Crippen LogP contribution >= 0.6 is 0 Å². The molecule has 90 valence electrons. The van der Waals surface area contributed by atoms with Gasteiger partial charge in [-0.05, 0) is 13.3 Å². The van der Waals surface area contributed by atoms with Gasteiger partial charge in [-0.3, -0.25) is 5.10 Å². The summed E-state index contributed by atoms with van der Waals surface area (Å²) in [5.74, 6) is 1.62. The largest absolute Gasteiger partial charge is 0.479 e. The van der Waals surface area contributed by atoms with Crippen molar-refractivity contribution in [1.82, 2.24) is 15.2 Å². The van der Waals surface area contributed by atoms with E-state index >= 15 is 0 Å². The van der Waals surface area contributed by atoms with Crippen LogP contribution in [0.15, 0.2) is 11.1 Å². The van der Waals surface area contributed by atoms with Crippen molar-refractivity contribution in [3.8, 4) is 5.88 Å². The van der Waals surface area contributed by atoms with Gasteiger partial charge in [0.15, 0.2) is 5.82 Å². The van der Waals surface area contributed by atoms with Crippen molar-refractivity contribution in [2.45, 2.75) is 20.3 Å². The zero-order valence-corrected chi connectivity index (χ0v) is 10.1. The lowest BCUT2D eigenvalue weighted by atomic mass is 10.2. The van der Waals surface area contributed by atoms with Gasteiger partial charge in [-0.15, -0.1) is 5.10 Å². The Labute approximate surface area is 98.9 Å².